The topological polar surface area (TPSA) is 64.9 Å². The zero-order valence-corrected chi connectivity index (χ0v) is 10.7. The Hall–Kier alpha value is -1.55. The zero-order valence-electron chi connectivity index (χ0n) is 9.90. The molecule has 18 heavy (non-hydrogen) atoms. The van der Waals surface area contributed by atoms with E-state index in [2.05, 4.69) is 10.2 Å². The Kier molecular flexibility index (Phi) is 2.96. The number of benzene rings is 1. The van der Waals surface area contributed by atoms with Crippen molar-refractivity contribution in [1.29, 1.82) is 0 Å². The van der Waals surface area contributed by atoms with Gasteiger partial charge in [0.2, 0.25) is 11.8 Å². The van der Waals surface area contributed by atoms with Crippen LogP contribution in [0.15, 0.2) is 22.6 Å². The summed E-state index contributed by atoms with van der Waals surface area (Å²) in [7, 11) is 0. The molecule has 0 atom stereocenters. The highest BCUT2D eigenvalue weighted by Gasteiger charge is 2.23. The third-order valence-electron chi connectivity index (χ3n) is 3.39. The van der Waals surface area contributed by atoms with Gasteiger partial charge in [-0.1, -0.05) is 24.4 Å². The van der Waals surface area contributed by atoms with Crippen molar-refractivity contribution in [1.82, 2.24) is 10.2 Å². The lowest BCUT2D eigenvalue weighted by Gasteiger charge is -2.02. The van der Waals surface area contributed by atoms with Crippen LogP contribution in [0.3, 0.4) is 0 Å². The first-order valence-electron chi connectivity index (χ1n) is 6.13. The van der Waals surface area contributed by atoms with E-state index in [4.69, 9.17) is 21.8 Å². The number of halogens is 1. The summed E-state index contributed by atoms with van der Waals surface area (Å²) < 4.78 is 5.73. The minimum atomic E-state index is 0.409. The van der Waals surface area contributed by atoms with Crippen LogP contribution in [0.1, 0.15) is 37.5 Å². The summed E-state index contributed by atoms with van der Waals surface area (Å²) in [4.78, 5) is 0. The minimum Gasteiger partial charge on any atom is -0.420 e. The molecule has 0 amide bonds. The van der Waals surface area contributed by atoms with Crippen LogP contribution >= 0.6 is 11.6 Å². The van der Waals surface area contributed by atoms with Crippen LogP contribution in [-0.2, 0) is 0 Å². The van der Waals surface area contributed by atoms with E-state index in [1.165, 1.54) is 12.8 Å². The number of anilines is 1. The molecule has 0 radical (unpaired) electrons. The maximum Gasteiger partial charge on any atom is 0.249 e. The van der Waals surface area contributed by atoms with Crippen LogP contribution < -0.4 is 5.73 Å². The number of nitrogens with zero attached hydrogens (tertiary/aromatic N) is 2. The number of rotatable bonds is 2. The molecule has 1 aliphatic carbocycles. The standard InChI is InChI=1S/C13H14ClN3O/c14-9-5-6-11(15)10(7-9)13-17-16-12(18-13)8-3-1-2-4-8/h5-8H,1-4,15H2. The Labute approximate surface area is 110 Å². The molecule has 0 spiro atoms. The van der Waals surface area contributed by atoms with Crippen molar-refractivity contribution >= 4 is 17.3 Å². The molecular formula is C13H14ClN3O. The normalized spacial score (nSPS) is 16.3. The molecule has 0 aliphatic heterocycles. The van der Waals surface area contributed by atoms with Crippen LogP contribution in [0.4, 0.5) is 5.69 Å². The highest BCUT2D eigenvalue weighted by molar-refractivity contribution is 6.31. The highest BCUT2D eigenvalue weighted by atomic mass is 35.5. The predicted octanol–water partition coefficient (Wildman–Crippen LogP) is 3.63. The first-order valence-corrected chi connectivity index (χ1v) is 6.50. The average molecular weight is 264 g/mol. The van der Waals surface area contributed by atoms with E-state index in [-0.39, 0.29) is 0 Å². The van der Waals surface area contributed by atoms with Gasteiger partial charge >= 0.3 is 0 Å². The molecule has 4 nitrogen and oxygen atoms in total. The van der Waals surface area contributed by atoms with E-state index in [1.807, 2.05) is 0 Å². The zero-order chi connectivity index (χ0) is 12.5. The highest BCUT2D eigenvalue weighted by Crippen LogP contribution is 2.35. The fraction of sp³-hybridized carbons (Fsp3) is 0.385. The van der Waals surface area contributed by atoms with E-state index in [1.54, 1.807) is 18.2 Å². The lowest BCUT2D eigenvalue weighted by atomic mass is 10.1. The Bertz CT molecular complexity index is 561. The van der Waals surface area contributed by atoms with Gasteiger partial charge in [0.25, 0.3) is 0 Å². The van der Waals surface area contributed by atoms with Crippen LogP contribution in [-0.4, -0.2) is 10.2 Å². The third-order valence-corrected chi connectivity index (χ3v) is 3.63. The summed E-state index contributed by atoms with van der Waals surface area (Å²) in [5, 5.41) is 8.82. The third kappa shape index (κ3) is 2.08. The molecule has 1 fully saturated rings. The van der Waals surface area contributed by atoms with Crippen molar-refractivity contribution < 1.29 is 4.42 Å². The lowest BCUT2D eigenvalue weighted by molar-refractivity contribution is 0.457. The molecule has 1 heterocycles. The van der Waals surface area contributed by atoms with Crippen LogP contribution in [0.5, 0.6) is 0 Å². The van der Waals surface area contributed by atoms with Gasteiger partial charge < -0.3 is 10.2 Å². The first-order chi connectivity index (χ1) is 8.74. The van der Waals surface area contributed by atoms with E-state index in [0.29, 0.717) is 28.1 Å². The molecule has 1 aliphatic rings. The van der Waals surface area contributed by atoms with Crippen LogP contribution in [0.25, 0.3) is 11.5 Å². The number of nitrogens with two attached hydrogens (primary N) is 1. The van der Waals surface area contributed by atoms with Crippen LogP contribution in [0, 0.1) is 0 Å². The molecule has 0 saturated heterocycles. The molecule has 1 saturated carbocycles. The molecule has 1 aromatic carbocycles. The number of nitrogen functional groups attached to an aromatic ring is 1. The smallest absolute Gasteiger partial charge is 0.249 e. The maximum absolute atomic E-state index is 5.96. The molecule has 0 unspecified atom stereocenters. The SMILES string of the molecule is Nc1ccc(Cl)cc1-c1nnc(C2CCCC2)o1. The summed E-state index contributed by atoms with van der Waals surface area (Å²) in [5.41, 5.74) is 7.20. The van der Waals surface area contributed by atoms with E-state index < -0.39 is 0 Å². The van der Waals surface area contributed by atoms with Gasteiger partial charge in [0.15, 0.2) is 0 Å². The van der Waals surface area contributed by atoms with Gasteiger partial charge in [-0.15, -0.1) is 10.2 Å². The van der Waals surface area contributed by atoms with Gasteiger partial charge in [-0.05, 0) is 31.0 Å². The van der Waals surface area contributed by atoms with E-state index in [9.17, 15) is 0 Å². The van der Waals surface area contributed by atoms with Crippen molar-refractivity contribution in [2.24, 2.45) is 0 Å². The van der Waals surface area contributed by atoms with Gasteiger partial charge in [-0.2, -0.15) is 0 Å². The molecule has 2 N–H and O–H groups in total. The molecule has 1 aromatic heterocycles. The van der Waals surface area contributed by atoms with Gasteiger partial charge in [0.1, 0.15) is 0 Å². The van der Waals surface area contributed by atoms with Gasteiger partial charge in [-0.3, -0.25) is 0 Å². The monoisotopic (exact) mass is 263 g/mol. The van der Waals surface area contributed by atoms with Crippen molar-refractivity contribution in [3.63, 3.8) is 0 Å². The van der Waals surface area contributed by atoms with E-state index in [0.717, 1.165) is 18.7 Å². The molecule has 94 valence electrons. The Morgan fingerprint density at radius 3 is 2.78 bits per heavy atom. The summed E-state index contributed by atoms with van der Waals surface area (Å²) in [6.45, 7) is 0. The first kappa shape index (κ1) is 11.5. The second kappa shape index (κ2) is 4.61. The average Bonchev–Trinajstić information content (AvgIpc) is 3.00. The molecular weight excluding hydrogens is 250 g/mol. The Morgan fingerprint density at radius 1 is 1.22 bits per heavy atom. The quantitative estimate of drug-likeness (QED) is 0.841. The Balaban J connectivity index is 1.94. The minimum absolute atomic E-state index is 0.409. The largest absolute Gasteiger partial charge is 0.420 e. The predicted molar refractivity (Wildman–Crippen MR) is 70.4 cm³/mol. The number of aromatic nitrogens is 2. The summed E-state index contributed by atoms with van der Waals surface area (Å²) in [5.74, 6) is 1.59. The van der Waals surface area contributed by atoms with E-state index >= 15 is 0 Å². The number of hydrogen-bond acceptors (Lipinski definition) is 4. The summed E-state index contributed by atoms with van der Waals surface area (Å²) in [6.07, 6.45) is 4.74. The van der Waals surface area contributed by atoms with Crippen LogP contribution in [0.2, 0.25) is 5.02 Å². The molecule has 5 heteroatoms. The number of hydrogen-bond donors (Lipinski definition) is 1. The molecule has 0 bridgehead atoms. The van der Waals surface area contributed by atoms with Crippen molar-refractivity contribution in [2.45, 2.75) is 31.6 Å². The van der Waals surface area contributed by atoms with Crippen molar-refractivity contribution in [3.05, 3.63) is 29.1 Å². The summed E-state index contributed by atoms with van der Waals surface area (Å²) >= 11 is 5.96. The Morgan fingerprint density at radius 2 is 2.00 bits per heavy atom. The van der Waals surface area contributed by atoms with Gasteiger partial charge in [0.05, 0.1) is 5.56 Å². The maximum atomic E-state index is 5.96. The lowest BCUT2D eigenvalue weighted by Crippen LogP contribution is -1.91. The fourth-order valence-corrected chi connectivity index (χ4v) is 2.57. The van der Waals surface area contributed by atoms with Crippen molar-refractivity contribution in [2.75, 3.05) is 5.73 Å². The molecule has 2 aromatic rings. The fourth-order valence-electron chi connectivity index (χ4n) is 2.39. The summed E-state index contributed by atoms with van der Waals surface area (Å²) in [6, 6.07) is 5.24. The second-order valence-electron chi connectivity index (χ2n) is 4.66. The van der Waals surface area contributed by atoms with Crippen molar-refractivity contribution in [3.8, 4) is 11.5 Å². The van der Waals surface area contributed by atoms with Gasteiger partial charge in [0, 0.05) is 16.6 Å². The molecule has 3 rings (SSSR count). The van der Waals surface area contributed by atoms with Gasteiger partial charge in [-0.25, -0.2) is 0 Å². The second-order valence-corrected chi connectivity index (χ2v) is 5.09.